The molecule has 0 saturated heterocycles. The van der Waals surface area contributed by atoms with Gasteiger partial charge in [-0.2, -0.15) is 17.7 Å². The number of amides is 1. The van der Waals surface area contributed by atoms with Crippen LogP contribution in [0.2, 0.25) is 0 Å². The van der Waals surface area contributed by atoms with E-state index in [4.69, 9.17) is 5.11 Å². The summed E-state index contributed by atoms with van der Waals surface area (Å²) in [7, 11) is 0. The van der Waals surface area contributed by atoms with Crippen LogP contribution < -0.4 is 0 Å². The first-order valence-corrected chi connectivity index (χ1v) is 7.36. The summed E-state index contributed by atoms with van der Waals surface area (Å²) in [6.45, 7) is 1.33. The van der Waals surface area contributed by atoms with Gasteiger partial charge in [0.25, 0.3) is 0 Å². The number of hydrogen-bond donors (Lipinski definition) is 2. The Morgan fingerprint density at radius 1 is 1.42 bits per heavy atom. The molecule has 0 bridgehead atoms. The van der Waals surface area contributed by atoms with Crippen LogP contribution in [0.25, 0.3) is 0 Å². The van der Waals surface area contributed by atoms with Gasteiger partial charge in [0.2, 0.25) is 5.91 Å². The van der Waals surface area contributed by atoms with E-state index in [0.29, 0.717) is 11.7 Å². The highest BCUT2D eigenvalue weighted by molar-refractivity contribution is 7.80. The molecule has 1 fully saturated rings. The summed E-state index contributed by atoms with van der Waals surface area (Å²) in [4.78, 5) is 22.8. The average molecular weight is 286 g/mol. The van der Waals surface area contributed by atoms with Crippen molar-refractivity contribution in [1.82, 2.24) is 5.01 Å². The van der Waals surface area contributed by atoms with E-state index in [2.05, 4.69) is 17.7 Å². The molecular formula is C13H22N2O3S. The summed E-state index contributed by atoms with van der Waals surface area (Å²) in [5, 5.41) is 14.0. The number of aliphatic carboxylic acids is 1. The maximum atomic E-state index is 12.0. The van der Waals surface area contributed by atoms with Gasteiger partial charge in [-0.25, -0.2) is 5.01 Å². The number of hydrogen-bond acceptors (Lipinski definition) is 4. The first-order chi connectivity index (χ1) is 9.04. The summed E-state index contributed by atoms with van der Waals surface area (Å²) < 4.78 is 0. The molecule has 0 aromatic rings. The molecule has 1 saturated carbocycles. The first-order valence-electron chi connectivity index (χ1n) is 6.72. The second kappa shape index (κ2) is 8.19. The van der Waals surface area contributed by atoms with E-state index in [1.165, 1.54) is 19.3 Å². The molecule has 1 atom stereocenters. The van der Waals surface area contributed by atoms with Crippen LogP contribution in [-0.2, 0) is 9.59 Å². The number of carbonyl (C=O) groups excluding carboxylic acids is 1. The fourth-order valence-electron chi connectivity index (χ4n) is 2.09. The Hall–Kier alpha value is -1.04. The Labute approximate surface area is 119 Å². The van der Waals surface area contributed by atoms with Crippen molar-refractivity contribution in [2.45, 2.75) is 39.0 Å². The van der Waals surface area contributed by atoms with Gasteiger partial charge < -0.3 is 5.11 Å². The molecule has 0 aromatic heterocycles. The molecule has 108 valence electrons. The fraction of sp³-hybridized carbons (Fsp3) is 0.769. The van der Waals surface area contributed by atoms with Gasteiger partial charge in [0, 0.05) is 17.9 Å². The quantitative estimate of drug-likeness (QED) is 0.446. The highest BCUT2D eigenvalue weighted by atomic mass is 32.1. The van der Waals surface area contributed by atoms with Crippen molar-refractivity contribution in [3.05, 3.63) is 0 Å². The van der Waals surface area contributed by atoms with Crippen LogP contribution in [0, 0.1) is 11.8 Å². The molecule has 0 radical (unpaired) electrons. The summed E-state index contributed by atoms with van der Waals surface area (Å²) in [5.41, 5.74) is 0. The van der Waals surface area contributed by atoms with Crippen molar-refractivity contribution in [1.29, 1.82) is 0 Å². The maximum absolute atomic E-state index is 12.0. The number of rotatable bonds is 6. The van der Waals surface area contributed by atoms with Crippen molar-refractivity contribution >= 4 is 30.7 Å². The molecule has 6 heteroatoms. The smallest absolute Gasteiger partial charge is 0.325 e. The SMILES string of the molecule is C[C@H](CS)C(=O)N(CC(=O)O)/N=C/C1CCCCC1. The van der Waals surface area contributed by atoms with Gasteiger partial charge in [0.1, 0.15) is 6.54 Å². The van der Waals surface area contributed by atoms with Crippen molar-refractivity contribution in [3.8, 4) is 0 Å². The number of carboxylic acid groups (broad SMARTS) is 1. The first kappa shape index (κ1) is 16.0. The summed E-state index contributed by atoms with van der Waals surface area (Å²) >= 11 is 4.06. The minimum Gasteiger partial charge on any atom is -0.480 e. The van der Waals surface area contributed by atoms with Crippen LogP contribution in [0.15, 0.2) is 5.10 Å². The number of thiol groups is 1. The third-order valence-electron chi connectivity index (χ3n) is 3.30. The van der Waals surface area contributed by atoms with Gasteiger partial charge in [-0.3, -0.25) is 9.59 Å². The lowest BCUT2D eigenvalue weighted by molar-refractivity contribution is -0.145. The Balaban J connectivity index is 2.64. The number of carbonyl (C=O) groups is 2. The molecule has 19 heavy (non-hydrogen) atoms. The van der Waals surface area contributed by atoms with Crippen LogP contribution >= 0.6 is 12.6 Å². The van der Waals surface area contributed by atoms with Gasteiger partial charge in [0.15, 0.2) is 0 Å². The van der Waals surface area contributed by atoms with E-state index in [-0.39, 0.29) is 18.4 Å². The monoisotopic (exact) mass is 286 g/mol. The molecular weight excluding hydrogens is 264 g/mol. The van der Waals surface area contributed by atoms with Crippen LogP contribution in [0.4, 0.5) is 0 Å². The van der Waals surface area contributed by atoms with Gasteiger partial charge in [-0.15, -0.1) is 0 Å². The normalized spacial score (nSPS) is 18.4. The van der Waals surface area contributed by atoms with Crippen LogP contribution in [0.3, 0.4) is 0 Å². The number of carboxylic acids is 1. The number of hydrazone groups is 1. The zero-order valence-electron chi connectivity index (χ0n) is 11.3. The van der Waals surface area contributed by atoms with E-state index in [9.17, 15) is 9.59 Å². The highest BCUT2D eigenvalue weighted by Crippen LogP contribution is 2.22. The van der Waals surface area contributed by atoms with Crippen LogP contribution in [0.1, 0.15) is 39.0 Å². The Kier molecular flexibility index (Phi) is 6.91. The van der Waals surface area contributed by atoms with Gasteiger partial charge in [0.05, 0.1) is 0 Å². The molecule has 0 aliphatic heterocycles. The minimum atomic E-state index is -1.06. The Morgan fingerprint density at radius 2 is 2.05 bits per heavy atom. The molecule has 0 unspecified atom stereocenters. The predicted molar refractivity (Wildman–Crippen MR) is 77.4 cm³/mol. The van der Waals surface area contributed by atoms with Gasteiger partial charge >= 0.3 is 5.97 Å². The molecule has 1 amide bonds. The molecule has 1 aliphatic rings. The molecule has 0 spiro atoms. The third-order valence-corrected chi connectivity index (χ3v) is 3.85. The molecule has 0 heterocycles. The fourth-order valence-corrected chi connectivity index (χ4v) is 2.25. The highest BCUT2D eigenvalue weighted by Gasteiger charge is 2.21. The minimum absolute atomic E-state index is 0.288. The Bertz CT molecular complexity index is 341. The second-order valence-electron chi connectivity index (χ2n) is 5.04. The van der Waals surface area contributed by atoms with Crippen molar-refractivity contribution < 1.29 is 14.7 Å². The van der Waals surface area contributed by atoms with E-state index < -0.39 is 5.97 Å². The lowest BCUT2D eigenvalue weighted by Crippen LogP contribution is -2.36. The standard InChI is InChI=1S/C13H22N2O3S/c1-10(9-19)13(18)15(8-12(16)17)14-7-11-5-3-2-4-6-11/h7,10-11,19H,2-6,8-9H2,1H3,(H,16,17)/b14-7+/t10-/m1/s1. The van der Waals surface area contributed by atoms with Crippen molar-refractivity contribution in [2.24, 2.45) is 16.9 Å². The summed E-state index contributed by atoms with van der Waals surface area (Å²) in [5.74, 6) is -0.922. The topological polar surface area (TPSA) is 70.0 Å². The van der Waals surface area contributed by atoms with E-state index in [0.717, 1.165) is 17.9 Å². The van der Waals surface area contributed by atoms with E-state index >= 15 is 0 Å². The van der Waals surface area contributed by atoms with E-state index in [1.54, 1.807) is 13.1 Å². The average Bonchev–Trinajstić information content (AvgIpc) is 2.42. The molecule has 1 aliphatic carbocycles. The summed E-state index contributed by atoms with van der Waals surface area (Å²) in [6.07, 6.45) is 7.48. The predicted octanol–water partition coefficient (Wildman–Crippen LogP) is 2.03. The molecule has 1 rings (SSSR count). The number of nitrogens with zero attached hydrogens (tertiary/aromatic N) is 2. The lowest BCUT2D eigenvalue weighted by Gasteiger charge is -2.21. The van der Waals surface area contributed by atoms with Crippen LogP contribution in [-0.4, -0.2) is 40.5 Å². The summed E-state index contributed by atoms with van der Waals surface area (Å²) in [6, 6.07) is 0. The molecule has 5 nitrogen and oxygen atoms in total. The van der Waals surface area contributed by atoms with Crippen LogP contribution in [0.5, 0.6) is 0 Å². The van der Waals surface area contributed by atoms with E-state index in [1.807, 2.05) is 0 Å². The lowest BCUT2D eigenvalue weighted by atomic mass is 9.90. The molecule has 1 N–H and O–H groups in total. The van der Waals surface area contributed by atoms with Crippen molar-refractivity contribution in [3.63, 3.8) is 0 Å². The molecule has 0 aromatic carbocycles. The Morgan fingerprint density at radius 3 is 2.58 bits per heavy atom. The third kappa shape index (κ3) is 5.63. The largest absolute Gasteiger partial charge is 0.480 e. The maximum Gasteiger partial charge on any atom is 0.325 e. The zero-order valence-corrected chi connectivity index (χ0v) is 12.2. The van der Waals surface area contributed by atoms with Crippen molar-refractivity contribution in [2.75, 3.05) is 12.3 Å². The van der Waals surface area contributed by atoms with Gasteiger partial charge in [-0.05, 0) is 18.8 Å². The second-order valence-corrected chi connectivity index (χ2v) is 5.40. The zero-order chi connectivity index (χ0) is 14.3. The van der Waals surface area contributed by atoms with Gasteiger partial charge in [-0.1, -0.05) is 26.2 Å².